The highest BCUT2D eigenvalue weighted by Gasteiger charge is 2.28. The van der Waals surface area contributed by atoms with Crippen molar-refractivity contribution in [2.45, 2.75) is 19.3 Å². The number of ether oxygens (including phenoxy) is 1. The quantitative estimate of drug-likeness (QED) is 0.646. The first-order chi connectivity index (χ1) is 10.5. The molecule has 1 aliphatic heterocycles. The highest BCUT2D eigenvalue weighted by atomic mass is 16.5. The van der Waals surface area contributed by atoms with E-state index >= 15 is 0 Å². The van der Waals surface area contributed by atoms with Gasteiger partial charge in [0.25, 0.3) is 0 Å². The van der Waals surface area contributed by atoms with Crippen molar-refractivity contribution in [3.05, 3.63) is 29.8 Å². The zero-order valence-corrected chi connectivity index (χ0v) is 12.1. The number of methoxy groups -OCH3 is 1. The van der Waals surface area contributed by atoms with Crippen molar-refractivity contribution in [1.29, 1.82) is 0 Å². The van der Waals surface area contributed by atoms with Crippen LogP contribution in [-0.4, -0.2) is 42.2 Å². The van der Waals surface area contributed by atoms with Crippen molar-refractivity contribution in [2.75, 3.05) is 19.0 Å². The number of nitrogens with zero attached hydrogens (tertiary/aromatic N) is 1. The lowest BCUT2D eigenvalue weighted by Gasteiger charge is -2.13. The second-order valence-electron chi connectivity index (χ2n) is 4.81. The lowest BCUT2D eigenvalue weighted by atomic mass is 10.2. The number of benzene rings is 1. The van der Waals surface area contributed by atoms with E-state index in [1.807, 2.05) is 0 Å². The predicted octanol–water partition coefficient (Wildman–Crippen LogP) is 0.951. The summed E-state index contributed by atoms with van der Waals surface area (Å²) in [6, 6.07) is 6.32. The maximum Gasteiger partial charge on any atom is 0.337 e. The molecule has 22 heavy (non-hydrogen) atoms. The van der Waals surface area contributed by atoms with E-state index in [4.69, 9.17) is 0 Å². The fourth-order valence-electron chi connectivity index (χ4n) is 2.15. The minimum Gasteiger partial charge on any atom is -0.465 e. The van der Waals surface area contributed by atoms with Gasteiger partial charge in [-0.15, -0.1) is 0 Å². The molecule has 2 rings (SSSR count). The first-order valence-electron chi connectivity index (χ1n) is 6.82. The Balaban J connectivity index is 1.91. The molecule has 1 fully saturated rings. The lowest BCUT2D eigenvalue weighted by molar-refractivity contribution is -0.138. The third kappa shape index (κ3) is 3.69. The molecule has 0 unspecified atom stereocenters. The van der Waals surface area contributed by atoms with Crippen LogP contribution in [-0.2, 0) is 19.1 Å². The van der Waals surface area contributed by atoms with Crippen LogP contribution in [0.4, 0.5) is 5.69 Å². The topological polar surface area (TPSA) is 92.8 Å². The number of carbonyl (C=O) groups excluding carboxylic acids is 4. The lowest BCUT2D eigenvalue weighted by Crippen LogP contribution is -2.32. The number of hydrogen-bond acceptors (Lipinski definition) is 5. The second kappa shape index (κ2) is 6.84. The number of carbonyl (C=O) groups is 4. The van der Waals surface area contributed by atoms with Crippen LogP contribution < -0.4 is 5.32 Å². The second-order valence-corrected chi connectivity index (χ2v) is 4.81. The number of nitrogens with one attached hydrogen (secondary N) is 1. The number of imide groups is 1. The van der Waals surface area contributed by atoms with Crippen LogP contribution in [0.5, 0.6) is 0 Å². The minimum absolute atomic E-state index is 0.0138. The normalized spacial score (nSPS) is 14.1. The standard InChI is InChI=1S/C15H16N2O5/c1-22-15(21)10-3-2-4-11(9-10)16-12(18)7-8-17-13(19)5-6-14(17)20/h2-4,9H,5-8H2,1H3,(H,16,18). The van der Waals surface area contributed by atoms with E-state index in [-0.39, 0.29) is 43.5 Å². The van der Waals surface area contributed by atoms with Crippen LogP contribution in [0, 0.1) is 0 Å². The van der Waals surface area contributed by atoms with Gasteiger partial charge in [0, 0.05) is 31.5 Å². The van der Waals surface area contributed by atoms with E-state index in [9.17, 15) is 19.2 Å². The minimum atomic E-state index is -0.496. The Morgan fingerprint density at radius 3 is 2.55 bits per heavy atom. The van der Waals surface area contributed by atoms with Gasteiger partial charge < -0.3 is 10.1 Å². The summed E-state index contributed by atoms with van der Waals surface area (Å²) in [5.74, 6) is -1.32. The SMILES string of the molecule is COC(=O)c1cccc(NC(=O)CCN2C(=O)CCC2=O)c1. The molecule has 3 amide bonds. The monoisotopic (exact) mass is 304 g/mol. The number of hydrogen-bond donors (Lipinski definition) is 1. The fraction of sp³-hybridized carbons (Fsp3) is 0.333. The number of amides is 3. The summed E-state index contributed by atoms with van der Waals surface area (Å²) >= 11 is 0. The van der Waals surface area contributed by atoms with Gasteiger partial charge in [-0.1, -0.05) is 6.07 Å². The van der Waals surface area contributed by atoms with E-state index < -0.39 is 5.97 Å². The third-order valence-corrected chi connectivity index (χ3v) is 3.28. The summed E-state index contributed by atoms with van der Waals surface area (Å²) in [5, 5.41) is 2.62. The maximum atomic E-state index is 11.9. The van der Waals surface area contributed by atoms with E-state index in [1.165, 1.54) is 13.2 Å². The molecule has 0 spiro atoms. The molecule has 1 aromatic rings. The average Bonchev–Trinajstić information content (AvgIpc) is 2.83. The van der Waals surface area contributed by atoms with Gasteiger partial charge >= 0.3 is 5.97 Å². The molecule has 1 saturated heterocycles. The smallest absolute Gasteiger partial charge is 0.337 e. The molecule has 1 aromatic carbocycles. The molecule has 7 heteroatoms. The molecule has 0 radical (unpaired) electrons. The molecule has 116 valence electrons. The molecule has 1 N–H and O–H groups in total. The molecule has 0 aliphatic carbocycles. The molecular weight excluding hydrogens is 288 g/mol. The Morgan fingerprint density at radius 2 is 1.91 bits per heavy atom. The maximum absolute atomic E-state index is 11.9. The molecule has 1 aliphatic rings. The van der Waals surface area contributed by atoms with E-state index in [0.29, 0.717) is 11.3 Å². The average molecular weight is 304 g/mol. The Hall–Kier alpha value is -2.70. The van der Waals surface area contributed by atoms with Gasteiger partial charge in [-0.25, -0.2) is 4.79 Å². The number of rotatable bonds is 5. The van der Waals surface area contributed by atoms with Gasteiger partial charge in [0.2, 0.25) is 17.7 Å². The Morgan fingerprint density at radius 1 is 1.23 bits per heavy atom. The molecular formula is C15H16N2O5. The summed E-state index contributed by atoms with van der Waals surface area (Å²) < 4.78 is 4.60. The van der Waals surface area contributed by atoms with Crippen molar-refractivity contribution in [1.82, 2.24) is 4.90 Å². The van der Waals surface area contributed by atoms with Crippen LogP contribution in [0.2, 0.25) is 0 Å². The Kier molecular flexibility index (Phi) is 4.88. The first kappa shape index (κ1) is 15.7. The van der Waals surface area contributed by atoms with Gasteiger partial charge in [0.05, 0.1) is 12.7 Å². The summed E-state index contributed by atoms with van der Waals surface area (Å²) in [7, 11) is 1.28. The van der Waals surface area contributed by atoms with Crippen molar-refractivity contribution in [2.24, 2.45) is 0 Å². The predicted molar refractivity (Wildman–Crippen MR) is 77.0 cm³/mol. The van der Waals surface area contributed by atoms with Crippen LogP contribution in [0.15, 0.2) is 24.3 Å². The molecule has 0 bridgehead atoms. The molecule has 0 atom stereocenters. The van der Waals surface area contributed by atoms with Crippen LogP contribution in [0.1, 0.15) is 29.6 Å². The summed E-state index contributed by atoms with van der Waals surface area (Å²) in [5.41, 5.74) is 0.775. The highest BCUT2D eigenvalue weighted by molar-refractivity contribution is 6.02. The van der Waals surface area contributed by atoms with Crippen LogP contribution in [0.3, 0.4) is 0 Å². The summed E-state index contributed by atoms with van der Waals surface area (Å²) in [6.07, 6.45) is 0.434. The van der Waals surface area contributed by atoms with Gasteiger partial charge in [-0.2, -0.15) is 0 Å². The number of esters is 1. The van der Waals surface area contributed by atoms with E-state index in [1.54, 1.807) is 18.2 Å². The van der Waals surface area contributed by atoms with E-state index in [2.05, 4.69) is 10.1 Å². The van der Waals surface area contributed by atoms with Crippen molar-refractivity contribution >= 4 is 29.4 Å². The van der Waals surface area contributed by atoms with Crippen LogP contribution in [0.25, 0.3) is 0 Å². The largest absolute Gasteiger partial charge is 0.465 e. The molecule has 1 heterocycles. The number of likely N-dealkylation sites (tertiary alicyclic amines) is 1. The Labute approximate surface area is 127 Å². The van der Waals surface area contributed by atoms with Gasteiger partial charge in [-0.05, 0) is 18.2 Å². The Bertz CT molecular complexity index is 610. The first-order valence-corrected chi connectivity index (χ1v) is 6.82. The zero-order valence-electron chi connectivity index (χ0n) is 12.1. The summed E-state index contributed by atoms with van der Waals surface area (Å²) in [4.78, 5) is 47.2. The highest BCUT2D eigenvalue weighted by Crippen LogP contribution is 2.14. The zero-order chi connectivity index (χ0) is 16.1. The molecule has 0 saturated carbocycles. The summed E-state index contributed by atoms with van der Waals surface area (Å²) in [6.45, 7) is 0.0696. The van der Waals surface area contributed by atoms with Crippen LogP contribution >= 0.6 is 0 Å². The van der Waals surface area contributed by atoms with Gasteiger partial charge in [0.1, 0.15) is 0 Å². The third-order valence-electron chi connectivity index (χ3n) is 3.28. The van der Waals surface area contributed by atoms with Crippen molar-refractivity contribution < 1.29 is 23.9 Å². The van der Waals surface area contributed by atoms with Gasteiger partial charge in [0.15, 0.2) is 0 Å². The number of anilines is 1. The molecule has 0 aromatic heterocycles. The van der Waals surface area contributed by atoms with Gasteiger partial charge in [-0.3, -0.25) is 19.3 Å². The molecule has 7 nitrogen and oxygen atoms in total. The van der Waals surface area contributed by atoms with Crippen molar-refractivity contribution in [3.8, 4) is 0 Å². The van der Waals surface area contributed by atoms with Crippen molar-refractivity contribution in [3.63, 3.8) is 0 Å². The van der Waals surface area contributed by atoms with E-state index in [0.717, 1.165) is 4.90 Å². The fourth-order valence-corrected chi connectivity index (χ4v) is 2.15.